The van der Waals surface area contributed by atoms with Crippen LogP contribution in [0.3, 0.4) is 0 Å². The number of carbonyl (C=O) groups is 2. The second-order valence-electron chi connectivity index (χ2n) is 6.72. The number of carbonyl (C=O) groups excluding carboxylic acids is 2. The zero-order valence-corrected chi connectivity index (χ0v) is 16.8. The summed E-state index contributed by atoms with van der Waals surface area (Å²) in [5, 5.41) is 7.44. The summed E-state index contributed by atoms with van der Waals surface area (Å²) in [7, 11) is 1.40. The topological polar surface area (TPSA) is 83.1 Å². The monoisotopic (exact) mass is 446 g/mol. The van der Waals surface area contributed by atoms with Gasteiger partial charge in [-0.05, 0) is 29.8 Å². The van der Waals surface area contributed by atoms with Crippen LogP contribution in [0.4, 0.5) is 34.8 Å². The summed E-state index contributed by atoms with van der Waals surface area (Å²) in [6.07, 6.45) is -4.34. The van der Waals surface area contributed by atoms with Crippen molar-refractivity contribution in [3.05, 3.63) is 83.3 Å². The normalized spacial score (nSPS) is 11.0. The minimum Gasteiger partial charge on any atom is -0.355 e. The van der Waals surface area contributed by atoms with E-state index in [4.69, 9.17) is 0 Å². The molecule has 32 heavy (non-hydrogen) atoms. The van der Waals surface area contributed by atoms with Gasteiger partial charge in [0.2, 0.25) is 5.91 Å². The van der Waals surface area contributed by atoms with E-state index in [-0.39, 0.29) is 23.5 Å². The molecule has 2 amide bonds. The number of benzene rings is 2. The van der Waals surface area contributed by atoms with Crippen LogP contribution in [0.2, 0.25) is 0 Å². The number of nitrogens with zero attached hydrogens (tertiary/aromatic N) is 1. The highest BCUT2D eigenvalue weighted by Crippen LogP contribution is 2.37. The Morgan fingerprint density at radius 3 is 2.44 bits per heavy atom. The molecule has 0 saturated heterocycles. The van der Waals surface area contributed by atoms with Gasteiger partial charge in [-0.3, -0.25) is 9.59 Å². The van der Waals surface area contributed by atoms with Gasteiger partial charge in [0.25, 0.3) is 5.91 Å². The molecular formula is C22H18F4N4O2. The van der Waals surface area contributed by atoms with Gasteiger partial charge in [-0.1, -0.05) is 24.3 Å². The average Bonchev–Trinajstić information content (AvgIpc) is 2.73. The maximum atomic E-state index is 13.5. The van der Waals surface area contributed by atoms with Crippen molar-refractivity contribution in [2.45, 2.75) is 12.6 Å². The van der Waals surface area contributed by atoms with Crippen LogP contribution in [0.1, 0.15) is 21.5 Å². The third-order valence-electron chi connectivity index (χ3n) is 4.40. The summed E-state index contributed by atoms with van der Waals surface area (Å²) in [4.78, 5) is 28.0. The molecule has 0 aliphatic heterocycles. The average molecular weight is 446 g/mol. The first-order valence-corrected chi connectivity index (χ1v) is 9.37. The molecule has 0 unspecified atom stereocenters. The molecule has 6 nitrogen and oxygen atoms in total. The third-order valence-corrected chi connectivity index (χ3v) is 4.40. The molecule has 0 radical (unpaired) electrons. The first-order valence-electron chi connectivity index (χ1n) is 9.37. The molecule has 2 aromatic carbocycles. The molecule has 0 aliphatic rings. The Bertz CT molecular complexity index is 1150. The fourth-order valence-corrected chi connectivity index (χ4v) is 2.94. The van der Waals surface area contributed by atoms with Crippen LogP contribution in [-0.4, -0.2) is 23.8 Å². The lowest BCUT2D eigenvalue weighted by Crippen LogP contribution is -2.20. The molecule has 0 saturated carbocycles. The Kier molecular flexibility index (Phi) is 6.72. The van der Waals surface area contributed by atoms with Crippen molar-refractivity contribution in [2.75, 3.05) is 17.7 Å². The highest BCUT2D eigenvalue weighted by Gasteiger charge is 2.34. The second-order valence-corrected chi connectivity index (χ2v) is 6.72. The summed E-state index contributed by atoms with van der Waals surface area (Å²) in [5.41, 5.74) is -0.804. The first-order chi connectivity index (χ1) is 15.2. The van der Waals surface area contributed by atoms with E-state index >= 15 is 0 Å². The van der Waals surface area contributed by atoms with Gasteiger partial charge in [-0.15, -0.1) is 0 Å². The number of hydrogen-bond donors (Lipinski definition) is 3. The largest absolute Gasteiger partial charge is 0.419 e. The fraction of sp³-hybridized carbons (Fsp3) is 0.136. The molecule has 3 N–H and O–H groups in total. The van der Waals surface area contributed by atoms with Gasteiger partial charge in [0, 0.05) is 19.3 Å². The number of halogens is 4. The van der Waals surface area contributed by atoms with Crippen LogP contribution >= 0.6 is 0 Å². The van der Waals surface area contributed by atoms with Gasteiger partial charge < -0.3 is 16.0 Å². The molecule has 166 valence electrons. The Labute approximate surface area is 180 Å². The quantitative estimate of drug-likeness (QED) is 0.486. The molecule has 0 atom stereocenters. The minimum atomic E-state index is -4.73. The molecule has 3 aromatic rings. The van der Waals surface area contributed by atoms with Crippen LogP contribution in [0.5, 0.6) is 0 Å². The highest BCUT2D eigenvalue weighted by atomic mass is 19.4. The van der Waals surface area contributed by atoms with Gasteiger partial charge >= 0.3 is 6.18 Å². The minimum absolute atomic E-state index is 0.136. The summed E-state index contributed by atoms with van der Waals surface area (Å²) in [5.74, 6) is -1.72. The number of anilines is 3. The van der Waals surface area contributed by atoms with Crippen LogP contribution in [0.15, 0.2) is 60.8 Å². The number of amides is 2. The smallest absolute Gasteiger partial charge is 0.355 e. The Hall–Kier alpha value is -3.95. The fourth-order valence-electron chi connectivity index (χ4n) is 2.94. The Morgan fingerprint density at radius 2 is 1.75 bits per heavy atom. The first kappa shape index (κ1) is 22.7. The molecule has 0 bridgehead atoms. The van der Waals surface area contributed by atoms with Crippen LogP contribution < -0.4 is 16.0 Å². The number of pyridine rings is 1. The van der Waals surface area contributed by atoms with Crippen molar-refractivity contribution >= 4 is 29.0 Å². The van der Waals surface area contributed by atoms with Crippen LogP contribution in [0.25, 0.3) is 0 Å². The Morgan fingerprint density at radius 1 is 1.00 bits per heavy atom. The Balaban J connectivity index is 1.89. The van der Waals surface area contributed by atoms with Gasteiger partial charge in [0.05, 0.1) is 28.9 Å². The maximum absolute atomic E-state index is 13.5. The summed E-state index contributed by atoms with van der Waals surface area (Å²) in [6, 6.07) is 12.5. The lowest BCUT2D eigenvalue weighted by molar-refractivity contribution is -0.137. The molecular weight excluding hydrogens is 428 g/mol. The third kappa shape index (κ3) is 5.60. The standard InChI is InChI=1S/C22H18F4N4O2/c1-27-21(32)15-7-2-3-8-17(15)29-18-11-19(28-12-16(18)22(24,25)26)30-20(31)10-13-5-4-6-14(23)9-13/h2-9,11-12H,10H2,1H3,(H,27,32)(H2,28,29,30,31). The molecule has 0 aliphatic carbocycles. The highest BCUT2D eigenvalue weighted by molar-refractivity contribution is 6.00. The predicted molar refractivity (Wildman–Crippen MR) is 111 cm³/mol. The van der Waals surface area contributed by atoms with Crippen molar-refractivity contribution in [3.8, 4) is 0 Å². The van der Waals surface area contributed by atoms with Crippen molar-refractivity contribution in [2.24, 2.45) is 0 Å². The van der Waals surface area contributed by atoms with E-state index in [1.165, 1.54) is 37.4 Å². The van der Waals surface area contributed by atoms with E-state index < -0.39 is 35.1 Å². The number of alkyl halides is 3. The van der Waals surface area contributed by atoms with E-state index in [1.807, 2.05) is 0 Å². The number of rotatable bonds is 6. The van der Waals surface area contributed by atoms with E-state index in [9.17, 15) is 27.2 Å². The molecule has 0 spiro atoms. The maximum Gasteiger partial charge on any atom is 0.419 e. The van der Waals surface area contributed by atoms with E-state index in [1.54, 1.807) is 18.2 Å². The number of aromatic nitrogens is 1. The van der Waals surface area contributed by atoms with Crippen LogP contribution in [-0.2, 0) is 17.4 Å². The number of para-hydroxylation sites is 1. The van der Waals surface area contributed by atoms with E-state index in [0.717, 1.165) is 6.07 Å². The predicted octanol–water partition coefficient (Wildman–Crippen LogP) is 4.52. The van der Waals surface area contributed by atoms with Crippen molar-refractivity contribution < 1.29 is 27.2 Å². The van der Waals surface area contributed by atoms with Gasteiger partial charge in [-0.25, -0.2) is 9.37 Å². The van der Waals surface area contributed by atoms with Gasteiger partial charge in [0.1, 0.15) is 11.6 Å². The molecule has 0 fully saturated rings. The van der Waals surface area contributed by atoms with Crippen LogP contribution in [0, 0.1) is 5.82 Å². The number of nitrogens with one attached hydrogen (secondary N) is 3. The van der Waals surface area contributed by atoms with Gasteiger partial charge in [-0.2, -0.15) is 13.2 Å². The lowest BCUT2D eigenvalue weighted by atomic mass is 10.1. The van der Waals surface area contributed by atoms with E-state index in [2.05, 4.69) is 20.9 Å². The zero-order valence-electron chi connectivity index (χ0n) is 16.8. The lowest BCUT2D eigenvalue weighted by Gasteiger charge is -2.17. The van der Waals surface area contributed by atoms with Gasteiger partial charge in [0.15, 0.2) is 0 Å². The van der Waals surface area contributed by atoms with E-state index in [0.29, 0.717) is 11.8 Å². The van der Waals surface area contributed by atoms with Crippen molar-refractivity contribution in [3.63, 3.8) is 0 Å². The summed E-state index contributed by atoms with van der Waals surface area (Å²) in [6.45, 7) is 0. The second kappa shape index (κ2) is 9.46. The summed E-state index contributed by atoms with van der Waals surface area (Å²) < 4.78 is 53.8. The molecule has 3 rings (SSSR count). The van der Waals surface area contributed by atoms with Crippen molar-refractivity contribution in [1.29, 1.82) is 0 Å². The SMILES string of the molecule is CNC(=O)c1ccccc1Nc1cc(NC(=O)Cc2cccc(F)c2)ncc1C(F)(F)F. The van der Waals surface area contributed by atoms with Crippen molar-refractivity contribution in [1.82, 2.24) is 10.3 Å². The number of hydrogen-bond acceptors (Lipinski definition) is 4. The zero-order chi connectivity index (χ0) is 23.3. The molecule has 1 aromatic heterocycles. The summed E-state index contributed by atoms with van der Waals surface area (Å²) >= 11 is 0. The molecule has 1 heterocycles. The molecule has 10 heteroatoms.